The third kappa shape index (κ3) is 3.56. The molecule has 4 nitrogen and oxygen atoms in total. The second-order valence-electron chi connectivity index (χ2n) is 5.21. The van der Waals surface area contributed by atoms with Crippen molar-refractivity contribution >= 4 is 21.6 Å². The van der Waals surface area contributed by atoms with Crippen molar-refractivity contribution in [3.63, 3.8) is 0 Å². The Morgan fingerprint density at radius 3 is 2.90 bits per heavy atom. The highest BCUT2D eigenvalue weighted by atomic mass is 35.5. The van der Waals surface area contributed by atoms with Crippen LogP contribution in [-0.4, -0.2) is 38.9 Å². The molecule has 0 radical (unpaired) electrons. The summed E-state index contributed by atoms with van der Waals surface area (Å²) in [4.78, 5) is -0.327. The Morgan fingerprint density at radius 1 is 1.43 bits per heavy atom. The number of rotatable bonds is 5. The molecule has 0 aromatic heterocycles. The van der Waals surface area contributed by atoms with Crippen LogP contribution in [0.25, 0.3) is 0 Å². The summed E-state index contributed by atoms with van der Waals surface area (Å²) in [6, 6.07) is 4.00. The second-order valence-corrected chi connectivity index (χ2v) is 7.48. The van der Waals surface area contributed by atoms with E-state index in [1.165, 1.54) is 22.5 Å². The Bertz CT molecular complexity index is 595. The van der Waals surface area contributed by atoms with E-state index in [1.807, 2.05) is 7.05 Å². The van der Waals surface area contributed by atoms with E-state index in [1.54, 1.807) is 0 Å². The summed E-state index contributed by atoms with van der Waals surface area (Å²) >= 11 is 5.71. The van der Waals surface area contributed by atoms with Gasteiger partial charge in [-0.3, -0.25) is 0 Å². The Balaban J connectivity index is 2.34. The van der Waals surface area contributed by atoms with Crippen LogP contribution in [0.4, 0.5) is 4.39 Å². The van der Waals surface area contributed by atoms with Gasteiger partial charge in [0.05, 0.1) is 5.02 Å². The van der Waals surface area contributed by atoms with Gasteiger partial charge in [-0.15, -0.1) is 0 Å². The number of halogens is 2. The van der Waals surface area contributed by atoms with Gasteiger partial charge < -0.3 is 5.32 Å². The highest BCUT2D eigenvalue weighted by Crippen LogP contribution is 2.30. The summed E-state index contributed by atoms with van der Waals surface area (Å²) in [5, 5.41) is 2.86. The predicted molar refractivity (Wildman–Crippen MR) is 81.5 cm³/mol. The van der Waals surface area contributed by atoms with Gasteiger partial charge >= 0.3 is 0 Å². The van der Waals surface area contributed by atoms with Crippen LogP contribution in [0.2, 0.25) is 5.02 Å². The Hall–Kier alpha value is -0.690. The lowest BCUT2D eigenvalue weighted by atomic mass is 10.0. The Morgan fingerprint density at radius 2 is 2.19 bits per heavy atom. The highest BCUT2D eigenvalue weighted by Gasteiger charge is 2.35. The SMILES string of the molecule is CNCCC1CCCCN1S(=O)(=O)c1cccc(Cl)c1F. The predicted octanol–water partition coefficient (Wildman–Crippen LogP) is 2.63. The van der Waals surface area contributed by atoms with Gasteiger partial charge in [-0.05, 0) is 45.0 Å². The van der Waals surface area contributed by atoms with Crippen LogP contribution in [0.15, 0.2) is 23.1 Å². The molecule has 1 N–H and O–H groups in total. The zero-order chi connectivity index (χ0) is 15.5. The average Bonchev–Trinajstić information content (AvgIpc) is 2.48. The number of benzene rings is 1. The summed E-state index contributed by atoms with van der Waals surface area (Å²) in [7, 11) is -2.02. The maximum Gasteiger partial charge on any atom is 0.246 e. The van der Waals surface area contributed by atoms with Crippen molar-refractivity contribution in [2.45, 2.75) is 36.6 Å². The molecule has 1 unspecified atom stereocenters. The molecule has 21 heavy (non-hydrogen) atoms. The largest absolute Gasteiger partial charge is 0.320 e. The third-order valence-electron chi connectivity index (χ3n) is 3.80. The number of sulfonamides is 1. The number of nitrogens with zero attached hydrogens (tertiary/aromatic N) is 1. The Kier molecular flexibility index (Phi) is 5.60. The van der Waals surface area contributed by atoms with E-state index >= 15 is 0 Å². The lowest BCUT2D eigenvalue weighted by molar-refractivity contribution is 0.240. The van der Waals surface area contributed by atoms with Crippen molar-refractivity contribution in [1.82, 2.24) is 9.62 Å². The van der Waals surface area contributed by atoms with Crippen molar-refractivity contribution in [2.24, 2.45) is 0 Å². The van der Waals surface area contributed by atoms with Gasteiger partial charge in [-0.2, -0.15) is 4.31 Å². The molecular weight excluding hydrogens is 315 g/mol. The molecule has 1 saturated heterocycles. The smallest absolute Gasteiger partial charge is 0.246 e. The van der Waals surface area contributed by atoms with Crippen LogP contribution >= 0.6 is 11.6 Å². The first kappa shape index (κ1) is 16.7. The van der Waals surface area contributed by atoms with Gasteiger partial charge in [0.1, 0.15) is 4.90 Å². The van der Waals surface area contributed by atoms with Crippen LogP contribution in [0.5, 0.6) is 0 Å². The zero-order valence-electron chi connectivity index (χ0n) is 12.0. The van der Waals surface area contributed by atoms with Crippen LogP contribution in [0.3, 0.4) is 0 Å². The molecule has 2 rings (SSSR count). The van der Waals surface area contributed by atoms with Crippen molar-refractivity contribution in [2.75, 3.05) is 20.1 Å². The molecule has 0 saturated carbocycles. The zero-order valence-corrected chi connectivity index (χ0v) is 13.6. The summed E-state index contributed by atoms with van der Waals surface area (Å²) in [5.74, 6) is -0.864. The molecule has 118 valence electrons. The maximum atomic E-state index is 14.1. The lowest BCUT2D eigenvalue weighted by Gasteiger charge is -2.34. The minimum atomic E-state index is -3.85. The van der Waals surface area contributed by atoms with Gasteiger partial charge in [0, 0.05) is 12.6 Å². The fourth-order valence-electron chi connectivity index (χ4n) is 2.70. The fraction of sp³-hybridized carbons (Fsp3) is 0.571. The van der Waals surface area contributed by atoms with Gasteiger partial charge in [0.2, 0.25) is 10.0 Å². The molecule has 7 heteroatoms. The molecule has 1 aromatic carbocycles. The normalized spacial score (nSPS) is 20.6. The van der Waals surface area contributed by atoms with Gasteiger partial charge in [0.15, 0.2) is 5.82 Å². The first-order chi connectivity index (χ1) is 9.98. The molecule has 1 fully saturated rings. The van der Waals surface area contributed by atoms with E-state index < -0.39 is 15.8 Å². The highest BCUT2D eigenvalue weighted by molar-refractivity contribution is 7.89. The molecule has 1 aromatic rings. The van der Waals surface area contributed by atoms with Crippen molar-refractivity contribution in [3.05, 3.63) is 29.0 Å². The summed E-state index contributed by atoms with van der Waals surface area (Å²) < 4.78 is 41.0. The first-order valence-electron chi connectivity index (χ1n) is 7.09. The maximum absolute atomic E-state index is 14.1. The standard InChI is InChI=1S/C14H20ClFN2O2S/c1-17-9-8-11-5-2-3-10-18(11)21(19,20)13-7-4-6-12(15)14(13)16/h4,6-7,11,17H,2-3,5,8-10H2,1H3. The number of piperidine rings is 1. The Labute approximate surface area is 130 Å². The molecule has 1 atom stereocenters. The molecule has 1 aliphatic rings. The molecule has 1 aliphatic heterocycles. The van der Waals surface area contributed by atoms with Crippen LogP contribution < -0.4 is 5.32 Å². The number of hydrogen-bond donors (Lipinski definition) is 1. The number of nitrogens with one attached hydrogen (secondary N) is 1. The van der Waals surface area contributed by atoms with Gasteiger partial charge in [-0.1, -0.05) is 24.1 Å². The van der Waals surface area contributed by atoms with E-state index in [2.05, 4.69) is 5.32 Å². The van der Waals surface area contributed by atoms with E-state index in [-0.39, 0.29) is 16.0 Å². The van der Waals surface area contributed by atoms with Gasteiger partial charge in [0.25, 0.3) is 0 Å². The quantitative estimate of drug-likeness (QED) is 0.900. The molecule has 0 spiro atoms. The van der Waals surface area contributed by atoms with Crippen LogP contribution in [0.1, 0.15) is 25.7 Å². The fourth-order valence-corrected chi connectivity index (χ4v) is 4.74. The van der Waals surface area contributed by atoms with Crippen LogP contribution in [0, 0.1) is 5.82 Å². The summed E-state index contributed by atoms with van der Waals surface area (Å²) in [6.07, 6.45) is 3.33. The lowest BCUT2D eigenvalue weighted by Crippen LogP contribution is -2.44. The summed E-state index contributed by atoms with van der Waals surface area (Å²) in [5.41, 5.74) is 0. The minimum absolute atomic E-state index is 0.0884. The van der Waals surface area contributed by atoms with E-state index in [9.17, 15) is 12.8 Å². The first-order valence-corrected chi connectivity index (χ1v) is 8.90. The number of hydrogen-bond acceptors (Lipinski definition) is 3. The molecule has 0 amide bonds. The van der Waals surface area contributed by atoms with Crippen molar-refractivity contribution in [1.29, 1.82) is 0 Å². The minimum Gasteiger partial charge on any atom is -0.320 e. The van der Waals surface area contributed by atoms with E-state index in [0.717, 1.165) is 32.2 Å². The molecule has 1 heterocycles. The van der Waals surface area contributed by atoms with Gasteiger partial charge in [-0.25, -0.2) is 12.8 Å². The van der Waals surface area contributed by atoms with Crippen LogP contribution in [-0.2, 0) is 10.0 Å². The third-order valence-corrected chi connectivity index (χ3v) is 6.06. The average molecular weight is 335 g/mol. The molecule has 0 bridgehead atoms. The van der Waals surface area contributed by atoms with E-state index in [0.29, 0.717) is 6.54 Å². The van der Waals surface area contributed by atoms with E-state index in [4.69, 9.17) is 11.6 Å². The monoisotopic (exact) mass is 334 g/mol. The topological polar surface area (TPSA) is 49.4 Å². The second kappa shape index (κ2) is 7.05. The summed E-state index contributed by atoms with van der Waals surface area (Å²) in [6.45, 7) is 1.16. The van der Waals surface area contributed by atoms with Crippen molar-refractivity contribution in [3.8, 4) is 0 Å². The molecular formula is C14H20ClFN2O2S. The van der Waals surface area contributed by atoms with Crippen molar-refractivity contribution < 1.29 is 12.8 Å². The molecule has 0 aliphatic carbocycles.